The summed E-state index contributed by atoms with van der Waals surface area (Å²) in [6.45, 7) is 0.479. The molecule has 114 valence electrons. The monoisotopic (exact) mass is 304 g/mol. The van der Waals surface area contributed by atoms with Crippen LogP contribution in [-0.2, 0) is 6.42 Å². The second-order valence-electron chi connectivity index (χ2n) is 5.19. The van der Waals surface area contributed by atoms with Crippen LogP contribution in [0.25, 0.3) is 22.2 Å². The van der Waals surface area contributed by atoms with Crippen LogP contribution < -0.4 is 5.73 Å². The summed E-state index contributed by atoms with van der Waals surface area (Å²) in [5.41, 5.74) is 8.00. The minimum absolute atomic E-state index is 0.257. The molecule has 3 N–H and O–H groups in total. The number of aromatic nitrogens is 1. The van der Waals surface area contributed by atoms with Crippen molar-refractivity contribution in [2.75, 3.05) is 6.54 Å². The van der Waals surface area contributed by atoms with Crippen molar-refractivity contribution in [1.82, 2.24) is 4.98 Å². The van der Waals surface area contributed by atoms with Gasteiger partial charge in [0.25, 0.3) is 0 Å². The zero-order valence-electron chi connectivity index (χ0n) is 11.8. The topological polar surface area (TPSA) is 41.8 Å². The molecule has 0 unspecified atom stereocenters. The molecular weight excluding hydrogens is 289 g/mol. The van der Waals surface area contributed by atoms with Crippen LogP contribution >= 0.6 is 0 Å². The van der Waals surface area contributed by atoms with Gasteiger partial charge in [0, 0.05) is 17.1 Å². The highest BCUT2D eigenvalue weighted by molar-refractivity contribution is 5.91. The van der Waals surface area contributed by atoms with Crippen LogP contribution in [0.3, 0.4) is 0 Å². The normalized spacial score (nSPS) is 11.3. The lowest BCUT2D eigenvalue weighted by Crippen LogP contribution is -2.00. The third-order valence-corrected chi connectivity index (χ3v) is 3.70. The van der Waals surface area contributed by atoms with Crippen LogP contribution in [0.1, 0.15) is 12.0 Å². The molecule has 3 aromatic rings. The second kappa shape index (κ2) is 5.85. The Hall–Kier alpha value is -2.27. The predicted molar refractivity (Wildman–Crippen MR) is 81.0 cm³/mol. The van der Waals surface area contributed by atoms with Crippen LogP contribution in [0.15, 0.2) is 36.4 Å². The van der Waals surface area contributed by atoms with Crippen molar-refractivity contribution in [1.29, 1.82) is 0 Å². The Morgan fingerprint density at radius 3 is 2.36 bits per heavy atom. The fraction of sp³-hybridized carbons (Fsp3) is 0.176. The quantitative estimate of drug-likeness (QED) is 0.747. The highest BCUT2D eigenvalue weighted by Gasteiger charge is 2.16. The van der Waals surface area contributed by atoms with E-state index in [4.69, 9.17) is 5.73 Å². The van der Waals surface area contributed by atoms with Crippen molar-refractivity contribution in [3.63, 3.8) is 0 Å². The van der Waals surface area contributed by atoms with E-state index in [0.717, 1.165) is 17.2 Å². The molecule has 0 aliphatic heterocycles. The van der Waals surface area contributed by atoms with Crippen molar-refractivity contribution < 1.29 is 13.2 Å². The van der Waals surface area contributed by atoms with Crippen molar-refractivity contribution in [3.05, 3.63) is 59.4 Å². The first-order chi connectivity index (χ1) is 10.6. The van der Waals surface area contributed by atoms with Gasteiger partial charge in [-0.1, -0.05) is 0 Å². The highest BCUT2D eigenvalue weighted by Crippen LogP contribution is 2.33. The Morgan fingerprint density at radius 1 is 0.955 bits per heavy atom. The molecule has 0 fully saturated rings. The number of benzene rings is 2. The lowest BCUT2D eigenvalue weighted by atomic mass is 10.0. The van der Waals surface area contributed by atoms with E-state index >= 15 is 0 Å². The van der Waals surface area contributed by atoms with Gasteiger partial charge in [-0.25, -0.2) is 13.2 Å². The van der Waals surface area contributed by atoms with Gasteiger partial charge in [0.15, 0.2) is 0 Å². The van der Waals surface area contributed by atoms with Gasteiger partial charge in [0.1, 0.15) is 17.5 Å². The number of rotatable bonds is 4. The number of aromatic amines is 1. The molecule has 0 aliphatic carbocycles. The van der Waals surface area contributed by atoms with Crippen LogP contribution in [0.2, 0.25) is 0 Å². The van der Waals surface area contributed by atoms with Crippen molar-refractivity contribution in [3.8, 4) is 11.3 Å². The molecule has 22 heavy (non-hydrogen) atoms. The van der Waals surface area contributed by atoms with E-state index in [1.807, 2.05) is 0 Å². The largest absolute Gasteiger partial charge is 0.352 e. The Labute approximate surface area is 125 Å². The highest BCUT2D eigenvalue weighted by atomic mass is 19.1. The fourth-order valence-corrected chi connectivity index (χ4v) is 2.68. The Kier molecular flexibility index (Phi) is 3.90. The SMILES string of the molecule is NCCCc1c(-c2ccc(F)cc2)[nH]c2c(F)cc(F)cc12. The van der Waals surface area contributed by atoms with Gasteiger partial charge in [-0.05, 0) is 60.8 Å². The third kappa shape index (κ3) is 2.60. The van der Waals surface area contributed by atoms with E-state index in [1.54, 1.807) is 12.1 Å². The van der Waals surface area contributed by atoms with Crippen LogP contribution in [0.5, 0.6) is 0 Å². The van der Waals surface area contributed by atoms with E-state index in [1.165, 1.54) is 18.2 Å². The molecular formula is C17H15F3N2. The van der Waals surface area contributed by atoms with Crippen molar-refractivity contribution in [2.24, 2.45) is 5.73 Å². The van der Waals surface area contributed by atoms with Crippen molar-refractivity contribution in [2.45, 2.75) is 12.8 Å². The predicted octanol–water partition coefficient (Wildman–Crippen LogP) is 4.14. The van der Waals surface area contributed by atoms with Crippen molar-refractivity contribution >= 4 is 10.9 Å². The summed E-state index contributed by atoms with van der Waals surface area (Å²) in [6.07, 6.45) is 1.28. The molecule has 1 heterocycles. The Morgan fingerprint density at radius 2 is 1.68 bits per heavy atom. The maximum absolute atomic E-state index is 14.0. The summed E-state index contributed by atoms with van der Waals surface area (Å²) in [5, 5.41) is 0.505. The van der Waals surface area contributed by atoms with Crippen LogP contribution in [-0.4, -0.2) is 11.5 Å². The number of aryl methyl sites for hydroxylation is 1. The molecule has 3 rings (SSSR count). The molecule has 2 aromatic carbocycles. The first-order valence-electron chi connectivity index (χ1n) is 7.05. The number of fused-ring (bicyclic) bond motifs is 1. The van der Waals surface area contributed by atoms with Crippen LogP contribution in [0.4, 0.5) is 13.2 Å². The van der Waals surface area contributed by atoms with E-state index in [2.05, 4.69) is 4.98 Å². The zero-order valence-corrected chi connectivity index (χ0v) is 11.8. The molecule has 0 aliphatic rings. The van der Waals surface area contributed by atoms with Gasteiger partial charge in [0.2, 0.25) is 0 Å². The van der Waals surface area contributed by atoms with E-state index in [-0.39, 0.29) is 11.3 Å². The molecule has 0 saturated carbocycles. The summed E-state index contributed by atoms with van der Waals surface area (Å²) < 4.78 is 40.6. The molecule has 5 heteroatoms. The number of halogens is 3. The van der Waals surface area contributed by atoms with Gasteiger partial charge < -0.3 is 10.7 Å². The number of nitrogens with two attached hydrogens (primary N) is 1. The number of nitrogens with one attached hydrogen (secondary N) is 1. The van der Waals surface area contributed by atoms with E-state index in [0.29, 0.717) is 30.5 Å². The second-order valence-corrected chi connectivity index (χ2v) is 5.19. The summed E-state index contributed by atoms with van der Waals surface area (Å²) >= 11 is 0. The molecule has 1 aromatic heterocycles. The fourth-order valence-electron chi connectivity index (χ4n) is 2.68. The zero-order chi connectivity index (χ0) is 15.7. The average molecular weight is 304 g/mol. The molecule has 0 bridgehead atoms. The molecule has 0 amide bonds. The summed E-state index contributed by atoms with van der Waals surface area (Å²) in [4.78, 5) is 3.00. The van der Waals surface area contributed by atoms with Crippen LogP contribution in [0, 0.1) is 17.5 Å². The lowest BCUT2D eigenvalue weighted by Gasteiger charge is -2.05. The number of hydrogen-bond acceptors (Lipinski definition) is 1. The summed E-state index contributed by atoms with van der Waals surface area (Å²) in [5.74, 6) is -1.61. The smallest absolute Gasteiger partial charge is 0.150 e. The molecule has 0 atom stereocenters. The molecule has 2 nitrogen and oxygen atoms in total. The summed E-state index contributed by atoms with van der Waals surface area (Å²) in [6, 6.07) is 8.06. The van der Waals surface area contributed by atoms with Gasteiger partial charge >= 0.3 is 0 Å². The van der Waals surface area contributed by atoms with Gasteiger partial charge in [-0.2, -0.15) is 0 Å². The number of H-pyrrole nitrogens is 1. The lowest BCUT2D eigenvalue weighted by molar-refractivity contribution is 0.591. The molecule has 0 radical (unpaired) electrons. The van der Waals surface area contributed by atoms with E-state index < -0.39 is 11.6 Å². The minimum Gasteiger partial charge on any atom is -0.352 e. The number of hydrogen-bond donors (Lipinski definition) is 2. The standard InChI is InChI=1S/C17H15F3N2/c18-11-5-3-10(4-6-11)16-13(2-1-7-21)14-8-12(19)9-15(20)17(14)22-16/h3-6,8-9,22H,1-2,7,21H2. The minimum atomic E-state index is -0.641. The first kappa shape index (κ1) is 14.7. The molecule has 0 spiro atoms. The molecule has 0 saturated heterocycles. The van der Waals surface area contributed by atoms with Gasteiger partial charge in [0.05, 0.1) is 5.52 Å². The van der Waals surface area contributed by atoms with E-state index in [9.17, 15) is 13.2 Å². The van der Waals surface area contributed by atoms with Gasteiger partial charge in [-0.3, -0.25) is 0 Å². The summed E-state index contributed by atoms with van der Waals surface area (Å²) in [7, 11) is 0. The maximum atomic E-state index is 14.0. The Balaban J connectivity index is 2.23. The Bertz CT molecular complexity index is 807. The first-order valence-corrected chi connectivity index (χ1v) is 7.05. The third-order valence-electron chi connectivity index (χ3n) is 3.70. The van der Waals surface area contributed by atoms with Gasteiger partial charge in [-0.15, -0.1) is 0 Å². The average Bonchev–Trinajstić information content (AvgIpc) is 2.85. The maximum Gasteiger partial charge on any atom is 0.150 e.